The van der Waals surface area contributed by atoms with E-state index in [9.17, 15) is 14.4 Å². The summed E-state index contributed by atoms with van der Waals surface area (Å²) in [6.45, 7) is 7.71. The highest BCUT2D eigenvalue weighted by Gasteiger charge is 2.28. The predicted molar refractivity (Wildman–Crippen MR) is 162 cm³/mol. The molecule has 1 aromatic heterocycles. The van der Waals surface area contributed by atoms with Gasteiger partial charge in [0.25, 0.3) is 17.4 Å². The lowest BCUT2D eigenvalue weighted by atomic mass is 9.94. The van der Waals surface area contributed by atoms with E-state index >= 15 is 0 Å². The standard InChI is InChI=1S/C33H41N5O3/c1-22-4-7-25(31(39)34-26-9-10-26)19-28(22)24-8-11-27-29(18-24)30(21-38(32(27)40)20-23-5-6-23)33(41)37-16-14-36(15-17-37)13-12-35(2)3/h4,7-8,11,18-19,21,23,26H,5-6,9-10,12-17,20H2,1-3H3,(H,34,39). The van der Waals surface area contributed by atoms with Gasteiger partial charge >= 0.3 is 0 Å². The molecule has 2 amide bonds. The number of hydrogen-bond donors (Lipinski definition) is 1. The number of pyridine rings is 1. The summed E-state index contributed by atoms with van der Waals surface area (Å²) < 4.78 is 1.76. The largest absolute Gasteiger partial charge is 0.349 e. The van der Waals surface area contributed by atoms with Crippen molar-refractivity contribution < 1.29 is 9.59 Å². The highest BCUT2D eigenvalue weighted by molar-refractivity contribution is 6.07. The first kappa shape index (κ1) is 27.7. The Labute approximate surface area is 241 Å². The molecule has 8 nitrogen and oxygen atoms in total. The van der Waals surface area contributed by atoms with Crippen molar-refractivity contribution in [1.82, 2.24) is 24.6 Å². The summed E-state index contributed by atoms with van der Waals surface area (Å²) in [5.41, 5.74) is 4.04. The molecule has 3 aliphatic rings. The van der Waals surface area contributed by atoms with Crippen molar-refractivity contribution in [2.45, 2.75) is 45.2 Å². The zero-order valence-corrected chi connectivity index (χ0v) is 24.5. The molecule has 2 aromatic carbocycles. The van der Waals surface area contributed by atoms with Crippen LogP contribution in [0.25, 0.3) is 21.9 Å². The van der Waals surface area contributed by atoms with E-state index in [0.29, 0.717) is 47.5 Å². The average Bonchev–Trinajstić information content (AvgIpc) is 3.91. The van der Waals surface area contributed by atoms with Gasteiger partial charge < -0.3 is 19.7 Å². The molecule has 0 radical (unpaired) electrons. The number of benzene rings is 2. The molecule has 3 aromatic rings. The molecule has 1 saturated heterocycles. The maximum atomic E-state index is 14.0. The zero-order chi connectivity index (χ0) is 28.7. The van der Waals surface area contributed by atoms with Crippen molar-refractivity contribution in [3.63, 3.8) is 0 Å². The van der Waals surface area contributed by atoms with E-state index < -0.39 is 0 Å². The number of amides is 2. The second-order valence-corrected chi connectivity index (χ2v) is 12.4. The van der Waals surface area contributed by atoms with Gasteiger partial charge in [0.05, 0.1) is 5.56 Å². The molecule has 0 spiro atoms. The van der Waals surface area contributed by atoms with Crippen LogP contribution in [0.5, 0.6) is 0 Å². The maximum absolute atomic E-state index is 14.0. The minimum atomic E-state index is -0.0573. The molecule has 0 atom stereocenters. The summed E-state index contributed by atoms with van der Waals surface area (Å²) in [6, 6.07) is 11.8. The van der Waals surface area contributed by atoms with Gasteiger partial charge in [-0.25, -0.2) is 0 Å². The molecular weight excluding hydrogens is 514 g/mol. The number of hydrogen-bond acceptors (Lipinski definition) is 5. The van der Waals surface area contributed by atoms with E-state index in [4.69, 9.17) is 0 Å². The molecule has 0 unspecified atom stereocenters. The van der Waals surface area contributed by atoms with E-state index in [2.05, 4.69) is 29.2 Å². The number of nitrogens with one attached hydrogen (secondary N) is 1. The number of aromatic nitrogens is 1. The Bertz CT molecular complexity index is 1530. The summed E-state index contributed by atoms with van der Waals surface area (Å²) in [5.74, 6) is 0.441. The molecule has 1 aliphatic heterocycles. The Balaban J connectivity index is 1.35. The molecule has 2 heterocycles. The minimum Gasteiger partial charge on any atom is -0.349 e. The first-order valence-corrected chi connectivity index (χ1v) is 15.0. The lowest BCUT2D eigenvalue weighted by Crippen LogP contribution is -2.50. The van der Waals surface area contributed by atoms with Crippen LogP contribution in [0.3, 0.4) is 0 Å². The van der Waals surface area contributed by atoms with Crippen LogP contribution >= 0.6 is 0 Å². The Kier molecular flexibility index (Phi) is 7.70. The SMILES string of the molecule is Cc1ccc(C(=O)NC2CC2)cc1-c1ccc2c(=O)n(CC3CC3)cc(C(=O)N3CCN(CCN(C)C)CC3)c2c1. The highest BCUT2D eigenvalue weighted by atomic mass is 16.2. The summed E-state index contributed by atoms with van der Waals surface area (Å²) in [7, 11) is 4.16. The van der Waals surface area contributed by atoms with Gasteiger partial charge in [-0.3, -0.25) is 19.3 Å². The van der Waals surface area contributed by atoms with Crippen molar-refractivity contribution in [2.24, 2.45) is 5.92 Å². The smallest absolute Gasteiger partial charge is 0.258 e. The molecule has 8 heteroatoms. The fraction of sp³-hybridized carbons (Fsp3) is 0.485. The molecule has 216 valence electrons. The van der Waals surface area contributed by atoms with Crippen molar-refractivity contribution in [3.8, 4) is 11.1 Å². The van der Waals surface area contributed by atoms with Gasteiger partial charge in [-0.05, 0) is 93.6 Å². The fourth-order valence-electron chi connectivity index (χ4n) is 5.70. The predicted octanol–water partition coefficient (Wildman–Crippen LogP) is 3.60. The molecule has 41 heavy (non-hydrogen) atoms. The van der Waals surface area contributed by atoms with Crippen LogP contribution in [0.2, 0.25) is 0 Å². The Morgan fingerprint density at radius 2 is 1.71 bits per heavy atom. The summed E-state index contributed by atoms with van der Waals surface area (Å²) in [6.07, 6.45) is 6.14. The quantitative estimate of drug-likeness (QED) is 0.437. The van der Waals surface area contributed by atoms with Crippen molar-refractivity contribution >= 4 is 22.6 Å². The van der Waals surface area contributed by atoms with E-state index in [-0.39, 0.29) is 23.4 Å². The van der Waals surface area contributed by atoms with Crippen LogP contribution in [0.15, 0.2) is 47.4 Å². The second-order valence-electron chi connectivity index (χ2n) is 12.4. The van der Waals surface area contributed by atoms with Crippen molar-refractivity contribution in [2.75, 3.05) is 53.4 Å². The number of piperazine rings is 1. The van der Waals surface area contributed by atoms with Gasteiger partial charge in [-0.1, -0.05) is 12.1 Å². The summed E-state index contributed by atoms with van der Waals surface area (Å²) >= 11 is 0. The lowest BCUT2D eigenvalue weighted by Gasteiger charge is -2.35. The van der Waals surface area contributed by atoms with Crippen LogP contribution in [-0.2, 0) is 6.54 Å². The second kappa shape index (κ2) is 11.4. The zero-order valence-electron chi connectivity index (χ0n) is 24.5. The summed E-state index contributed by atoms with van der Waals surface area (Å²) in [4.78, 5) is 46.9. The van der Waals surface area contributed by atoms with E-state index in [1.165, 1.54) is 0 Å². The number of carbonyl (C=O) groups excluding carboxylic acids is 2. The first-order chi connectivity index (χ1) is 19.8. The van der Waals surface area contributed by atoms with E-state index in [0.717, 1.165) is 68.6 Å². The number of carbonyl (C=O) groups is 2. The molecule has 6 rings (SSSR count). The number of likely N-dealkylation sites (N-methyl/N-ethyl adjacent to an activating group) is 1. The summed E-state index contributed by atoms with van der Waals surface area (Å²) in [5, 5.41) is 4.33. The number of rotatable bonds is 9. The van der Waals surface area contributed by atoms with Crippen LogP contribution in [0, 0.1) is 12.8 Å². The third-order valence-corrected chi connectivity index (χ3v) is 8.71. The lowest BCUT2D eigenvalue weighted by molar-refractivity contribution is 0.0630. The van der Waals surface area contributed by atoms with Crippen molar-refractivity contribution in [3.05, 3.63) is 69.6 Å². The highest BCUT2D eigenvalue weighted by Crippen LogP contribution is 2.32. The van der Waals surface area contributed by atoms with Gasteiger partial charge in [0, 0.05) is 74.4 Å². The third kappa shape index (κ3) is 6.23. The molecule has 1 N–H and O–H groups in total. The van der Waals surface area contributed by atoms with E-state index in [1.807, 2.05) is 48.2 Å². The normalized spacial score (nSPS) is 17.8. The molecule has 2 aliphatic carbocycles. The van der Waals surface area contributed by atoms with Gasteiger partial charge in [0.1, 0.15) is 0 Å². The molecule has 0 bridgehead atoms. The van der Waals surface area contributed by atoms with Crippen LogP contribution in [0.1, 0.15) is 52.0 Å². The first-order valence-electron chi connectivity index (χ1n) is 15.0. The van der Waals surface area contributed by atoms with Crippen molar-refractivity contribution in [1.29, 1.82) is 0 Å². The van der Waals surface area contributed by atoms with Gasteiger partial charge in [0.2, 0.25) is 0 Å². The monoisotopic (exact) mass is 555 g/mol. The Morgan fingerprint density at radius 1 is 0.951 bits per heavy atom. The van der Waals surface area contributed by atoms with Crippen LogP contribution in [0.4, 0.5) is 0 Å². The minimum absolute atomic E-state index is 0.0155. The number of fused-ring (bicyclic) bond motifs is 1. The van der Waals surface area contributed by atoms with E-state index in [1.54, 1.807) is 10.8 Å². The maximum Gasteiger partial charge on any atom is 0.258 e. The van der Waals surface area contributed by atoms with Gasteiger partial charge in [0.15, 0.2) is 0 Å². The topological polar surface area (TPSA) is 77.9 Å². The average molecular weight is 556 g/mol. The van der Waals surface area contributed by atoms with Gasteiger partial charge in [-0.2, -0.15) is 0 Å². The molecular formula is C33H41N5O3. The van der Waals surface area contributed by atoms with Crippen LogP contribution < -0.4 is 10.9 Å². The molecule has 3 fully saturated rings. The fourth-order valence-corrected chi connectivity index (χ4v) is 5.70. The number of nitrogens with zero attached hydrogens (tertiary/aromatic N) is 4. The van der Waals surface area contributed by atoms with Crippen LogP contribution in [-0.4, -0.2) is 90.5 Å². The van der Waals surface area contributed by atoms with Gasteiger partial charge in [-0.15, -0.1) is 0 Å². The Morgan fingerprint density at radius 3 is 2.39 bits per heavy atom. The number of aryl methyl sites for hydroxylation is 1. The Hall–Kier alpha value is -3.49. The molecule has 2 saturated carbocycles. The third-order valence-electron chi connectivity index (χ3n) is 8.71.